The molecule has 0 radical (unpaired) electrons. The van der Waals surface area contributed by atoms with Crippen molar-refractivity contribution in [3.63, 3.8) is 0 Å². The molecule has 1 N–H and O–H groups in total. The number of aliphatic hydroxyl groups excluding tert-OH is 1. The summed E-state index contributed by atoms with van der Waals surface area (Å²) in [6.07, 6.45) is -0.0222. The number of rotatable bonds is 5. The summed E-state index contributed by atoms with van der Waals surface area (Å²) in [6.45, 7) is 3.73. The first-order chi connectivity index (χ1) is 15.9. The van der Waals surface area contributed by atoms with Crippen LogP contribution in [0.4, 0.5) is 0 Å². The van der Waals surface area contributed by atoms with Crippen LogP contribution < -0.4 is 0 Å². The van der Waals surface area contributed by atoms with Crippen molar-refractivity contribution in [2.75, 3.05) is 6.61 Å². The minimum atomic E-state index is -1.29. The van der Waals surface area contributed by atoms with E-state index in [2.05, 4.69) is 11.1 Å². The lowest BCUT2D eigenvalue weighted by Gasteiger charge is -2.19. The number of pyridine rings is 1. The van der Waals surface area contributed by atoms with E-state index in [1.807, 2.05) is 47.9 Å². The van der Waals surface area contributed by atoms with Gasteiger partial charge >= 0.3 is 5.97 Å². The number of fused-ring (bicyclic) bond motifs is 1. The second-order valence-electron chi connectivity index (χ2n) is 7.38. The molecule has 6 nitrogen and oxygen atoms in total. The van der Waals surface area contributed by atoms with E-state index < -0.39 is 12.1 Å². The van der Waals surface area contributed by atoms with E-state index in [0.717, 1.165) is 22.2 Å². The zero-order valence-electron chi connectivity index (χ0n) is 17.8. The van der Waals surface area contributed by atoms with Gasteiger partial charge in [-0.25, -0.2) is 9.78 Å². The molecule has 0 bridgehead atoms. The summed E-state index contributed by atoms with van der Waals surface area (Å²) in [5.74, 6) is -0.703. The number of benzene rings is 2. The van der Waals surface area contributed by atoms with E-state index in [1.54, 1.807) is 19.1 Å². The van der Waals surface area contributed by atoms with Gasteiger partial charge < -0.3 is 14.4 Å². The van der Waals surface area contributed by atoms with Crippen molar-refractivity contribution >= 4 is 40.1 Å². The minimum absolute atomic E-state index is 0.0762. The molecule has 4 rings (SSSR count). The largest absolute Gasteiger partial charge is 0.461 e. The monoisotopic (exact) mass is 479 g/mol. The number of hydrogen-bond donors (Lipinski definition) is 1. The number of aryl methyl sites for hydroxylation is 1. The molecule has 33 heavy (non-hydrogen) atoms. The van der Waals surface area contributed by atoms with Crippen LogP contribution in [-0.4, -0.2) is 27.2 Å². The van der Waals surface area contributed by atoms with Gasteiger partial charge in [0, 0.05) is 22.8 Å². The van der Waals surface area contributed by atoms with Gasteiger partial charge in [-0.2, -0.15) is 5.26 Å². The Morgan fingerprint density at radius 1 is 1.24 bits per heavy atom. The third-order valence-corrected chi connectivity index (χ3v) is 6.01. The fraction of sp³-hybridized carbons (Fsp3) is 0.160. The number of nitriles is 1. The van der Waals surface area contributed by atoms with Gasteiger partial charge in [-0.05, 0) is 49.7 Å². The Morgan fingerprint density at radius 2 is 1.97 bits per heavy atom. The molecule has 0 spiro atoms. The predicted octanol–water partition coefficient (Wildman–Crippen LogP) is 5.77. The average molecular weight is 480 g/mol. The van der Waals surface area contributed by atoms with Crippen molar-refractivity contribution in [3.05, 3.63) is 92.9 Å². The number of hydrogen-bond acceptors (Lipinski definition) is 5. The zero-order chi connectivity index (χ0) is 23.7. The molecule has 1 unspecified atom stereocenters. The Morgan fingerprint density at radius 3 is 2.64 bits per heavy atom. The summed E-state index contributed by atoms with van der Waals surface area (Å²) < 4.78 is 6.88. The Hall–Kier alpha value is -3.37. The summed E-state index contributed by atoms with van der Waals surface area (Å²) >= 11 is 12.9. The average Bonchev–Trinajstić information content (AvgIpc) is 3.19. The topological polar surface area (TPSA) is 88.1 Å². The fourth-order valence-corrected chi connectivity index (χ4v) is 4.48. The van der Waals surface area contributed by atoms with Crippen molar-refractivity contribution < 1.29 is 14.6 Å². The van der Waals surface area contributed by atoms with Crippen molar-refractivity contribution in [2.24, 2.45) is 0 Å². The predicted molar refractivity (Wildman–Crippen MR) is 127 cm³/mol. The zero-order valence-corrected chi connectivity index (χ0v) is 19.4. The number of carbonyl (C=O) groups is 1. The molecule has 0 saturated carbocycles. The molecule has 0 aliphatic rings. The maximum Gasteiger partial charge on any atom is 0.358 e. The standard InChI is InChI=1S/C25H19Cl2N3O3/c1-3-33-25(32)23-22(27)21(18(26)13-29-23)24(31)20-11-17-14(2)9-15(12-28)10-19(17)30(20)16-7-5-4-6-8-16/h4-11,13,24,31H,3H2,1-2H3. The molecule has 0 saturated heterocycles. The van der Waals surface area contributed by atoms with E-state index in [0.29, 0.717) is 11.3 Å². The quantitative estimate of drug-likeness (QED) is 0.367. The lowest BCUT2D eigenvalue weighted by Crippen LogP contribution is -2.13. The molecule has 4 aromatic rings. The summed E-state index contributed by atoms with van der Waals surface area (Å²) in [5, 5.41) is 21.9. The Bertz CT molecular complexity index is 1410. The van der Waals surface area contributed by atoms with Crippen LogP contribution in [0.25, 0.3) is 16.6 Å². The van der Waals surface area contributed by atoms with Gasteiger partial charge in [0.05, 0.1) is 39.5 Å². The first-order valence-electron chi connectivity index (χ1n) is 10.2. The van der Waals surface area contributed by atoms with E-state index in [9.17, 15) is 15.2 Å². The second-order valence-corrected chi connectivity index (χ2v) is 8.17. The van der Waals surface area contributed by atoms with Crippen molar-refractivity contribution in [3.8, 4) is 11.8 Å². The molecule has 2 aromatic heterocycles. The van der Waals surface area contributed by atoms with Gasteiger partial charge in [0.1, 0.15) is 6.10 Å². The summed E-state index contributed by atoms with van der Waals surface area (Å²) in [5.41, 5.74) is 3.41. The van der Waals surface area contributed by atoms with Crippen LogP contribution >= 0.6 is 23.2 Å². The number of esters is 1. The third-order valence-electron chi connectivity index (χ3n) is 5.33. The highest BCUT2D eigenvalue weighted by Gasteiger charge is 2.28. The lowest BCUT2D eigenvalue weighted by atomic mass is 10.0. The van der Waals surface area contributed by atoms with Gasteiger partial charge in [0.15, 0.2) is 5.69 Å². The maximum absolute atomic E-state index is 12.3. The smallest absolute Gasteiger partial charge is 0.358 e. The van der Waals surface area contributed by atoms with Crippen LogP contribution in [0.1, 0.15) is 45.9 Å². The van der Waals surface area contributed by atoms with E-state index in [-0.39, 0.29) is 27.9 Å². The highest BCUT2D eigenvalue weighted by molar-refractivity contribution is 6.37. The first kappa shape index (κ1) is 22.8. The van der Waals surface area contributed by atoms with E-state index in [1.165, 1.54) is 6.20 Å². The summed E-state index contributed by atoms with van der Waals surface area (Å²) in [7, 11) is 0. The van der Waals surface area contributed by atoms with Gasteiger partial charge in [-0.3, -0.25) is 0 Å². The highest BCUT2D eigenvalue weighted by Crippen LogP contribution is 2.39. The Balaban J connectivity index is 2.00. The molecule has 0 aliphatic heterocycles. The molecule has 166 valence electrons. The van der Waals surface area contributed by atoms with Crippen LogP contribution in [0.3, 0.4) is 0 Å². The molecule has 1 atom stereocenters. The van der Waals surface area contributed by atoms with Gasteiger partial charge in [0.25, 0.3) is 0 Å². The molecular weight excluding hydrogens is 461 g/mol. The van der Waals surface area contributed by atoms with Crippen molar-refractivity contribution in [1.82, 2.24) is 9.55 Å². The molecule has 0 aliphatic carbocycles. The van der Waals surface area contributed by atoms with Gasteiger partial charge in [-0.1, -0.05) is 41.4 Å². The number of halogens is 2. The highest BCUT2D eigenvalue weighted by atomic mass is 35.5. The van der Waals surface area contributed by atoms with Crippen LogP contribution in [0.2, 0.25) is 10.0 Å². The molecule has 2 heterocycles. The van der Waals surface area contributed by atoms with Crippen molar-refractivity contribution in [2.45, 2.75) is 20.0 Å². The van der Waals surface area contributed by atoms with Crippen LogP contribution in [-0.2, 0) is 4.74 Å². The van der Waals surface area contributed by atoms with Gasteiger partial charge in [0.2, 0.25) is 0 Å². The lowest BCUT2D eigenvalue weighted by molar-refractivity contribution is 0.0519. The first-order valence-corrected chi connectivity index (χ1v) is 10.9. The molecule has 2 aromatic carbocycles. The minimum Gasteiger partial charge on any atom is -0.461 e. The van der Waals surface area contributed by atoms with Crippen LogP contribution in [0, 0.1) is 18.3 Å². The molecule has 0 amide bonds. The molecule has 0 fully saturated rings. The second kappa shape index (κ2) is 9.24. The normalized spacial score (nSPS) is 11.9. The van der Waals surface area contributed by atoms with E-state index >= 15 is 0 Å². The number of ether oxygens (including phenoxy) is 1. The van der Waals surface area contributed by atoms with E-state index in [4.69, 9.17) is 27.9 Å². The number of aliphatic hydroxyl groups is 1. The SMILES string of the molecule is CCOC(=O)c1ncc(Cl)c(C(O)c2cc3c(C)cc(C#N)cc3n2-c2ccccc2)c1Cl. The number of aromatic nitrogens is 2. The van der Waals surface area contributed by atoms with Crippen LogP contribution in [0.15, 0.2) is 54.7 Å². The number of para-hydroxylation sites is 1. The number of carbonyl (C=O) groups excluding carboxylic acids is 1. The fourth-order valence-electron chi connectivity index (χ4n) is 3.86. The molecular formula is C25H19Cl2N3O3. The summed E-state index contributed by atoms with van der Waals surface area (Å²) in [6, 6.07) is 17.0. The third kappa shape index (κ3) is 4.07. The Kier molecular flexibility index (Phi) is 6.39. The van der Waals surface area contributed by atoms with Crippen LogP contribution in [0.5, 0.6) is 0 Å². The van der Waals surface area contributed by atoms with Gasteiger partial charge in [-0.15, -0.1) is 0 Å². The maximum atomic E-state index is 12.3. The molecule has 8 heteroatoms. The summed E-state index contributed by atoms with van der Waals surface area (Å²) in [4.78, 5) is 16.3. The van der Waals surface area contributed by atoms with Crippen molar-refractivity contribution in [1.29, 1.82) is 5.26 Å². The number of nitrogens with zero attached hydrogens (tertiary/aromatic N) is 3. The Labute approximate surface area is 200 Å².